The zero-order chi connectivity index (χ0) is 24.2. The Kier molecular flexibility index (Phi) is 10.3. The fraction of sp³-hybridized carbons (Fsp3) is 0.375. The number of carbonyl (C=O) groups is 3. The third-order valence-electron chi connectivity index (χ3n) is 5.19. The first-order valence-corrected chi connectivity index (χ1v) is 10.8. The van der Waals surface area contributed by atoms with Gasteiger partial charge in [-0.3, -0.25) is 19.6 Å². The highest BCUT2D eigenvalue weighted by atomic mass is 19.1. The van der Waals surface area contributed by atoms with Crippen molar-refractivity contribution in [2.75, 3.05) is 20.3 Å². The maximum Gasteiger partial charge on any atom is 0.255 e. The number of carbonyl (C=O) groups excluding carboxylic acids is 3. The third kappa shape index (κ3) is 7.57. The molecule has 0 aromatic heterocycles. The van der Waals surface area contributed by atoms with Crippen LogP contribution in [0.1, 0.15) is 43.0 Å². The van der Waals surface area contributed by atoms with Gasteiger partial charge in [0, 0.05) is 5.56 Å². The fourth-order valence-corrected chi connectivity index (χ4v) is 3.39. The van der Waals surface area contributed by atoms with E-state index < -0.39 is 23.5 Å². The van der Waals surface area contributed by atoms with E-state index in [1.54, 1.807) is 36.4 Å². The minimum atomic E-state index is -0.686. The zero-order valence-corrected chi connectivity index (χ0v) is 18.8. The molecule has 9 heteroatoms. The summed E-state index contributed by atoms with van der Waals surface area (Å²) in [7, 11) is 1.51. The van der Waals surface area contributed by atoms with Gasteiger partial charge in [0.25, 0.3) is 5.91 Å². The number of ether oxygens (including phenoxy) is 1. The van der Waals surface area contributed by atoms with Crippen molar-refractivity contribution in [1.29, 1.82) is 0 Å². The van der Waals surface area contributed by atoms with E-state index in [4.69, 9.17) is 4.74 Å². The summed E-state index contributed by atoms with van der Waals surface area (Å²) in [4.78, 5) is 35.7. The molecule has 2 rings (SSSR count). The number of hydrogen-bond acceptors (Lipinski definition) is 5. The number of hydrogen-bond donors (Lipinski definition) is 3. The summed E-state index contributed by atoms with van der Waals surface area (Å²) in [5.74, 6) is -1.85. The lowest BCUT2D eigenvalue weighted by atomic mass is 10.00. The fourth-order valence-electron chi connectivity index (χ4n) is 3.39. The van der Waals surface area contributed by atoms with Crippen LogP contribution in [0.3, 0.4) is 0 Å². The number of methoxy groups -OCH3 is 1. The van der Waals surface area contributed by atoms with Crippen LogP contribution in [0.15, 0.2) is 42.5 Å². The van der Waals surface area contributed by atoms with Gasteiger partial charge in [0.15, 0.2) is 0 Å². The largest absolute Gasteiger partial charge is 0.497 e. The molecule has 1 atom stereocenters. The van der Waals surface area contributed by atoms with E-state index in [-0.39, 0.29) is 30.8 Å². The molecule has 0 saturated heterocycles. The lowest BCUT2D eigenvalue weighted by molar-refractivity contribution is -0.154. The van der Waals surface area contributed by atoms with E-state index in [2.05, 4.69) is 10.6 Å². The number of benzene rings is 2. The smallest absolute Gasteiger partial charge is 0.255 e. The van der Waals surface area contributed by atoms with Crippen molar-refractivity contribution >= 4 is 18.2 Å². The van der Waals surface area contributed by atoms with Gasteiger partial charge in [0.2, 0.25) is 12.3 Å². The Morgan fingerprint density at radius 2 is 1.94 bits per heavy atom. The summed E-state index contributed by atoms with van der Waals surface area (Å²) < 4.78 is 20.2. The topological polar surface area (TPSA) is 108 Å². The number of halogens is 1. The van der Waals surface area contributed by atoms with E-state index >= 15 is 4.39 Å². The monoisotopic (exact) mass is 459 g/mol. The molecule has 2 aromatic carbocycles. The first-order valence-electron chi connectivity index (χ1n) is 10.8. The van der Waals surface area contributed by atoms with Gasteiger partial charge in [-0.1, -0.05) is 50.5 Å². The predicted octanol–water partition coefficient (Wildman–Crippen LogP) is 3.35. The minimum absolute atomic E-state index is 0.149. The van der Waals surface area contributed by atoms with E-state index in [0.29, 0.717) is 22.8 Å². The van der Waals surface area contributed by atoms with Crippen LogP contribution in [-0.4, -0.2) is 48.8 Å². The standard InChI is InChI=1S/C24H30FN3O5/c1-3-4-5-8-18(14-28(32)16-29)23(30)26-15-27-24(31)21-12-7-11-20(22(21)25)17-9-6-10-19(13-17)33-2/h6-7,9-13,16,18,32H,3-5,8,14-15H2,1-2H3,(H,26,30)(H,27,31)/t18-/m1/s1. The lowest BCUT2D eigenvalue weighted by Gasteiger charge is -2.19. The Balaban J connectivity index is 2.02. The predicted molar refractivity (Wildman–Crippen MR) is 121 cm³/mol. The molecule has 0 bridgehead atoms. The molecule has 0 fully saturated rings. The minimum Gasteiger partial charge on any atom is -0.497 e. The van der Waals surface area contributed by atoms with Crippen LogP contribution in [0.2, 0.25) is 0 Å². The van der Waals surface area contributed by atoms with Gasteiger partial charge in [0.05, 0.1) is 31.8 Å². The summed E-state index contributed by atoms with van der Waals surface area (Å²) in [6.45, 7) is 1.65. The van der Waals surface area contributed by atoms with Crippen molar-refractivity contribution < 1.29 is 28.7 Å². The molecular weight excluding hydrogens is 429 g/mol. The van der Waals surface area contributed by atoms with Crippen molar-refractivity contribution in [3.63, 3.8) is 0 Å². The Hall–Kier alpha value is -3.46. The van der Waals surface area contributed by atoms with Gasteiger partial charge in [-0.2, -0.15) is 0 Å². The highest BCUT2D eigenvalue weighted by molar-refractivity contribution is 5.96. The SMILES string of the molecule is CCCCC[C@H](CN(O)C=O)C(=O)NCNC(=O)c1cccc(-c2cccc(OC)c2)c1F. The van der Waals surface area contributed by atoms with Crippen molar-refractivity contribution in [3.8, 4) is 16.9 Å². The molecule has 0 saturated carbocycles. The molecule has 0 spiro atoms. The molecule has 0 unspecified atom stereocenters. The number of amides is 3. The molecule has 8 nitrogen and oxygen atoms in total. The molecule has 0 heterocycles. The van der Waals surface area contributed by atoms with Gasteiger partial charge in [-0.15, -0.1) is 0 Å². The van der Waals surface area contributed by atoms with Gasteiger partial charge in [0.1, 0.15) is 11.6 Å². The van der Waals surface area contributed by atoms with Crippen molar-refractivity contribution in [3.05, 3.63) is 53.8 Å². The molecule has 0 radical (unpaired) electrons. The van der Waals surface area contributed by atoms with Crippen LogP contribution in [0, 0.1) is 11.7 Å². The second-order valence-corrected chi connectivity index (χ2v) is 7.54. The van der Waals surface area contributed by atoms with Crippen molar-refractivity contribution in [2.45, 2.75) is 32.6 Å². The normalized spacial score (nSPS) is 11.4. The summed E-state index contributed by atoms with van der Waals surface area (Å²) in [6, 6.07) is 11.3. The molecule has 178 valence electrons. The molecule has 0 aliphatic heterocycles. The Morgan fingerprint density at radius 1 is 1.18 bits per heavy atom. The molecule has 33 heavy (non-hydrogen) atoms. The molecule has 2 aromatic rings. The highest BCUT2D eigenvalue weighted by Gasteiger charge is 2.21. The van der Waals surface area contributed by atoms with Crippen LogP contribution < -0.4 is 15.4 Å². The maximum atomic E-state index is 15.1. The number of nitrogens with zero attached hydrogens (tertiary/aromatic N) is 1. The number of nitrogens with one attached hydrogen (secondary N) is 2. The number of rotatable bonds is 13. The van der Waals surface area contributed by atoms with Gasteiger partial charge in [-0.25, -0.2) is 9.45 Å². The quantitative estimate of drug-likeness (QED) is 0.140. The summed E-state index contributed by atoms with van der Waals surface area (Å²) in [5.41, 5.74) is 0.651. The summed E-state index contributed by atoms with van der Waals surface area (Å²) in [5, 5.41) is 14.9. The molecule has 3 amide bonds. The highest BCUT2D eigenvalue weighted by Crippen LogP contribution is 2.27. The van der Waals surface area contributed by atoms with Gasteiger partial charge < -0.3 is 15.4 Å². The van der Waals surface area contributed by atoms with Crippen LogP contribution in [0.4, 0.5) is 4.39 Å². The molecule has 3 N–H and O–H groups in total. The van der Waals surface area contributed by atoms with Crippen molar-refractivity contribution in [2.24, 2.45) is 5.92 Å². The van der Waals surface area contributed by atoms with E-state index in [9.17, 15) is 19.6 Å². The summed E-state index contributed by atoms with van der Waals surface area (Å²) in [6.07, 6.45) is 3.35. The second-order valence-electron chi connectivity index (χ2n) is 7.54. The first-order chi connectivity index (χ1) is 15.9. The first kappa shape index (κ1) is 25.8. The van der Waals surface area contributed by atoms with Gasteiger partial charge >= 0.3 is 0 Å². The number of hydroxylamine groups is 2. The molecule has 0 aliphatic rings. The average Bonchev–Trinajstić information content (AvgIpc) is 2.83. The third-order valence-corrected chi connectivity index (χ3v) is 5.19. The van der Waals surface area contributed by atoms with E-state index in [1.807, 2.05) is 6.92 Å². The van der Waals surface area contributed by atoms with E-state index in [1.165, 1.54) is 13.2 Å². The van der Waals surface area contributed by atoms with E-state index in [0.717, 1.165) is 19.3 Å². The van der Waals surface area contributed by atoms with Crippen LogP contribution in [0.5, 0.6) is 5.75 Å². The number of unbranched alkanes of at least 4 members (excludes halogenated alkanes) is 2. The Morgan fingerprint density at radius 3 is 2.64 bits per heavy atom. The lowest BCUT2D eigenvalue weighted by Crippen LogP contribution is -2.43. The summed E-state index contributed by atoms with van der Waals surface area (Å²) >= 11 is 0. The zero-order valence-electron chi connectivity index (χ0n) is 18.8. The van der Waals surface area contributed by atoms with Crippen LogP contribution in [-0.2, 0) is 9.59 Å². The Bertz CT molecular complexity index is 953. The molecule has 0 aliphatic carbocycles. The van der Waals surface area contributed by atoms with Gasteiger partial charge in [-0.05, 0) is 30.2 Å². The van der Waals surface area contributed by atoms with Crippen LogP contribution in [0.25, 0.3) is 11.1 Å². The van der Waals surface area contributed by atoms with Crippen LogP contribution >= 0.6 is 0 Å². The Labute approximate surface area is 192 Å². The maximum absolute atomic E-state index is 15.1. The molecular formula is C24H30FN3O5. The van der Waals surface area contributed by atoms with Crippen molar-refractivity contribution in [1.82, 2.24) is 15.7 Å². The average molecular weight is 460 g/mol. The second kappa shape index (κ2) is 13.2.